The van der Waals surface area contributed by atoms with E-state index in [4.69, 9.17) is 0 Å². The van der Waals surface area contributed by atoms with Crippen LogP contribution >= 0.6 is 11.3 Å². The lowest BCUT2D eigenvalue weighted by Crippen LogP contribution is -2.28. The van der Waals surface area contributed by atoms with Gasteiger partial charge in [0.05, 0.1) is 17.8 Å². The zero-order valence-corrected chi connectivity index (χ0v) is 12.9. The van der Waals surface area contributed by atoms with Gasteiger partial charge in [-0.3, -0.25) is 14.6 Å². The fourth-order valence-electron chi connectivity index (χ4n) is 2.74. The molecule has 112 valence electrons. The number of carbonyl (C=O) groups is 2. The minimum Gasteiger partial charge on any atom is -0.300 e. The van der Waals surface area contributed by atoms with Gasteiger partial charge >= 0.3 is 0 Å². The molecule has 1 aromatic carbocycles. The van der Waals surface area contributed by atoms with Crippen molar-refractivity contribution >= 4 is 28.7 Å². The molecule has 1 aliphatic heterocycles. The van der Waals surface area contributed by atoms with Gasteiger partial charge < -0.3 is 4.90 Å². The highest BCUT2D eigenvalue weighted by Gasteiger charge is 2.35. The maximum Gasteiger partial charge on any atom is 0.299 e. The van der Waals surface area contributed by atoms with E-state index in [9.17, 15) is 9.59 Å². The molecule has 1 amide bonds. The zero-order valence-electron chi connectivity index (χ0n) is 12.1. The van der Waals surface area contributed by atoms with E-state index in [0.29, 0.717) is 17.8 Å². The Balaban J connectivity index is 1.74. The van der Waals surface area contributed by atoms with Gasteiger partial charge in [-0.2, -0.15) is 11.3 Å². The Morgan fingerprint density at radius 2 is 2.00 bits per heavy atom. The Labute approximate surface area is 137 Å². The number of pyridine rings is 1. The number of hydrogen-bond donors (Lipinski definition) is 0. The lowest BCUT2D eigenvalue weighted by atomic mass is 10.0. The molecule has 0 fully saturated rings. The minimum atomic E-state index is -0.463. The molecule has 5 heteroatoms. The number of thiophene rings is 1. The Kier molecular flexibility index (Phi) is 3.28. The van der Waals surface area contributed by atoms with Crippen LogP contribution < -0.4 is 4.90 Å². The number of ketones is 1. The average Bonchev–Trinajstić information content (AvgIpc) is 3.19. The van der Waals surface area contributed by atoms with Gasteiger partial charge in [0.2, 0.25) is 0 Å². The Morgan fingerprint density at radius 3 is 2.74 bits per heavy atom. The largest absolute Gasteiger partial charge is 0.300 e. The molecule has 0 N–H and O–H groups in total. The molecule has 4 rings (SSSR count). The van der Waals surface area contributed by atoms with Crippen LogP contribution in [0.2, 0.25) is 0 Å². The summed E-state index contributed by atoms with van der Waals surface area (Å²) >= 11 is 1.58. The number of anilines is 1. The van der Waals surface area contributed by atoms with E-state index >= 15 is 0 Å². The first kappa shape index (κ1) is 13.8. The van der Waals surface area contributed by atoms with Crippen LogP contribution in [0.3, 0.4) is 0 Å². The molecule has 0 spiro atoms. The highest BCUT2D eigenvalue weighted by molar-refractivity contribution is 7.07. The van der Waals surface area contributed by atoms with Crippen molar-refractivity contribution in [3.63, 3.8) is 0 Å². The second-order valence-electron chi connectivity index (χ2n) is 5.33. The van der Waals surface area contributed by atoms with Crippen molar-refractivity contribution in [2.75, 3.05) is 4.90 Å². The Hall–Kier alpha value is -2.79. The number of carbonyl (C=O) groups excluding carboxylic acids is 2. The number of aromatic nitrogens is 1. The quantitative estimate of drug-likeness (QED) is 0.694. The SMILES string of the molecule is O=C1C(=O)N(Cc2ccsc2)c2ccc(-c3cccnc3)cc21. The van der Waals surface area contributed by atoms with E-state index in [0.717, 1.165) is 16.7 Å². The van der Waals surface area contributed by atoms with E-state index < -0.39 is 11.7 Å². The van der Waals surface area contributed by atoms with Crippen molar-refractivity contribution in [2.24, 2.45) is 0 Å². The monoisotopic (exact) mass is 320 g/mol. The smallest absolute Gasteiger partial charge is 0.299 e. The van der Waals surface area contributed by atoms with Crippen LogP contribution in [-0.4, -0.2) is 16.7 Å². The lowest BCUT2D eigenvalue weighted by molar-refractivity contribution is -0.114. The first-order valence-corrected chi connectivity index (χ1v) is 8.10. The Bertz CT molecular complexity index is 889. The van der Waals surface area contributed by atoms with Gasteiger partial charge in [0, 0.05) is 18.0 Å². The number of Topliss-reactive ketones (excluding diaryl/α,β-unsaturated/α-hetero) is 1. The van der Waals surface area contributed by atoms with Gasteiger partial charge in [-0.15, -0.1) is 0 Å². The van der Waals surface area contributed by atoms with E-state index in [1.807, 2.05) is 41.1 Å². The molecule has 4 nitrogen and oxygen atoms in total. The molecule has 0 saturated carbocycles. The van der Waals surface area contributed by atoms with E-state index in [2.05, 4.69) is 4.98 Å². The minimum absolute atomic E-state index is 0.424. The molecule has 0 unspecified atom stereocenters. The van der Waals surface area contributed by atoms with Crippen molar-refractivity contribution in [1.82, 2.24) is 4.98 Å². The van der Waals surface area contributed by atoms with Gasteiger partial charge in [0.25, 0.3) is 11.7 Å². The molecule has 0 atom stereocenters. The number of amides is 1. The number of benzene rings is 1. The van der Waals surface area contributed by atoms with Crippen molar-refractivity contribution in [2.45, 2.75) is 6.54 Å². The van der Waals surface area contributed by atoms with Crippen molar-refractivity contribution in [3.05, 3.63) is 70.7 Å². The zero-order chi connectivity index (χ0) is 15.8. The number of fused-ring (bicyclic) bond motifs is 1. The van der Waals surface area contributed by atoms with Crippen molar-refractivity contribution < 1.29 is 9.59 Å². The fourth-order valence-corrected chi connectivity index (χ4v) is 3.40. The Morgan fingerprint density at radius 1 is 1.09 bits per heavy atom. The summed E-state index contributed by atoms with van der Waals surface area (Å²) in [7, 11) is 0. The summed E-state index contributed by atoms with van der Waals surface area (Å²) in [6.07, 6.45) is 3.44. The molecule has 23 heavy (non-hydrogen) atoms. The van der Waals surface area contributed by atoms with Crippen LogP contribution in [0.15, 0.2) is 59.6 Å². The third kappa shape index (κ3) is 2.35. The maximum atomic E-state index is 12.3. The van der Waals surface area contributed by atoms with E-state index in [1.165, 1.54) is 0 Å². The summed E-state index contributed by atoms with van der Waals surface area (Å²) in [5, 5.41) is 3.95. The van der Waals surface area contributed by atoms with E-state index in [-0.39, 0.29) is 0 Å². The summed E-state index contributed by atoms with van der Waals surface area (Å²) in [4.78, 5) is 30.3. The third-order valence-corrected chi connectivity index (χ3v) is 4.62. The second-order valence-corrected chi connectivity index (χ2v) is 6.11. The number of nitrogens with zero attached hydrogens (tertiary/aromatic N) is 2. The van der Waals surface area contributed by atoms with Crippen LogP contribution in [0.4, 0.5) is 5.69 Å². The van der Waals surface area contributed by atoms with Crippen LogP contribution in [0, 0.1) is 0 Å². The molecular formula is C18H12N2O2S. The predicted molar refractivity (Wildman–Crippen MR) is 89.5 cm³/mol. The van der Waals surface area contributed by atoms with E-state index in [1.54, 1.807) is 34.7 Å². The molecular weight excluding hydrogens is 308 g/mol. The van der Waals surface area contributed by atoms with Gasteiger partial charge in [-0.25, -0.2) is 0 Å². The standard InChI is InChI=1S/C18H12N2O2S/c21-17-15-8-13(14-2-1-6-19-9-14)3-4-16(15)20(18(17)22)10-12-5-7-23-11-12/h1-9,11H,10H2. The summed E-state index contributed by atoms with van der Waals surface area (Å²) in [5.41, 5.74) is 3.98. The van der Waals surface area contributed by atoms with Crippen molar-refractivity contribution in [3.8, 4) is 11.1 Å². The van der Waals surface area contributed by atoms with Gasteiger partial charge in [-0.1, -0.05) is 12.1 Å². The second kappa shape index (κ2) is 5.44. The maximum absolute atomic E-state index is 12.3. The summed E-state index contributed by atoms with van der Waals surface area (Å²) in [6, 6.07) is 11.3. The van der Waals surface area contributed by atoms with Crippen LogP contribution in [-0.2, 0) is 11.3 Å². The highest BCUT2D eigenvalue weighted by atomic mass is 32.1. The first-order chi connectivity index (χ1) is 11.2. The lowest BCUT2D eigenvalue weighted by Gasteiger charge is -2.15. The summed E-state index contributed by atoms with van der Waals surface area (Å²) in [5.74, 6) is -0.907. The third-order valence-electron chi connectivity index (χ3n) is 3.89. The summed E-state index contributed by atoms with van der Waals surface area (Å²) in [6.45, 7) is 0.424. The average molecular weight is 320 g/mol. The van der Waals surface area contributed by atoms with Gasteiger partial charge in [0.1, 0.15) is 0 Å². The molecule has 0 bridgehead atoms. The van der Waals surface area contributed by atoms with Crippen LogP contribution in [0.25, 0.3) is 11.1 Å². The highest BCUT2D eigenvalue weighted by Crippen LogP contribution is 2.34. The predicted octanol–water partition coefficient (Wildman–Crippen LogP) is 3.54. The van der Waals surface area contributed by atoms with Crippen LogP contribution in [0.1, 0.15) is 15.9 Å². The molecule has 3 heterocycles. The first-order valence-electron chi connectivity index (χ1n) is 7.16. The molecule has 0 aliphatic carbocycles. The molecule has 0 radical (unpaired) electrons. The molecule has 1 aliphatic rings. The normalized spacial score (nSPS) is 13.5. The topological polar surface area (TPSA) is 50.3 Å². The fraction of sp³-hybridized carbons (Fsp3) is 0.0556. The molecule has 0 saturated heterocycles. The molecule has 2 aromatic heterocycles. The molecule has 3 aromatic rings. The summed E-state index contributed by atoms with van der Waals surface area (Å²) < 4.78 is 0. The van der Waals surface area contributed by atoms with Gasteiger partial charge in [-0.05, 0) is 46.2 Å². The van der Waals surface area contributed by atoms with Crippen molar-refractivity contribution in [1.29, 1.82) is 0 Å². The van der Waals surface area contributed by atoms with Gasteiger partial charge in [0.15, 0.2) is 0 Å². The van der Waals surface area contributed by atoms with Crippen LogP contribution in [0.5, 0.6) is 0 Å². The number of hydrogen-bond acceptors (Lipinski definition) is 4. The number of rotatable bonds is 3.